The summed E-state index contributed by atoms with van der Waals surface area (Å²) in [5.74, 6) is 1.34. The van der Waals surface area contributed by atoms with E-state index in [1.807, 2.05) is 0 Å². The van der Waals surface area contributed by atoms with Crippen LogP contribution in [0.25, 0.3) is 0 Å². The van der Waals surface area contributed by atoms with Crippen LogP contribution in [0, 0.1) is 5.92 Å². The van der Waals surface area contributed by atoms with Crippen LogP contribution in [0.15, 0.2) is 6.07 Å². The molecule has 1 aromatic heterocycles. The van der Waals surface area contributed by atoms with Gasteiger partial charge >= 0.3 is 0 Å². The first-order valence-electron chi connectivity index (χ1n) is 5.55. The maximum Gasteiger partial charge on any atom is 0.147 e. The molecule has 94 valence electrons. The van der Waals surface area contributed by atoms with Gasteiger partial charge in [-0.3, -0.25) is 0 Å². The van der Waals surface area contributed by atoms with Crippen molar-refractivity contribution in [2.24, 2.45) is 5.92 Å². The monoisotopic (exact) mass is 275 g/mol. The summed E-state index contributed by atoms with van der Waals surface area (Å²) < 4.78 is 5.49. The molecule has 1 fully saturated rings. The standard InChI is InChI=1S/C11H15Cl2N3O/c1-6-7(2-3-17-6)5-15-11-9(13)4-8(12)10(14)16-11/h4,6-7H,2-3,5H2,1H3,(H3,14,15,16). The van der Waals surface area contributed by atoms with Crippen LogP contribution < -0.4 is 11.1 Å². The number of ether oxygens (including phenoxy) is 1. The third kappa shape index (κ3) is 2.94. The van der Waals surface area contributed by atoms with Gasteiger partial charge in [0.2, 0.25) is 0 Å². The van der Waals surface area contributed by atoms with Crippen LogP contribution in [0.4, 0.5) is 11.6 Å². The quantitative estimate of drug-likeness (QED) is 0.891. The molecule has 6 heteroatoms. The molecule has 0 spiro atoms. The minimum Gasteiger partial charge on any atom is -0.382 e. The first-order valence-corrected chi connectivity index (χ1v) is 6.30. The van der Waals surface area contributed by atoms with Gasteiger partial charge in [0.15, 0.2) is 0 Å². The van der Waals surface area contributed by atoms with Crippen molar-refractivity contribution in [2.75, 3.05) is 24.2 Å². The molecule has 1 saturated heterocycles. The molecule has 0 radical (unpaired) electrons. The van der Waals surface area contributed by atoms with Crippen LogP contribution in [-0.4, -0.2) is 24.2 Å². The molecule has 0 aliphatic carbocycles. The first kappa shape index (κ1) is 12.7. The van der Waals surface area contributed by atoms with Crippen molar-refractivity contribution < 1.29 is 4.74 Å². The third-order valence-electron chi connectivity index (χ3n) is 3.02. The van der Waals surface area contributed by atoms with E-state index >= 15 is 0 Å². The Bertz CT molecular complexity index is 414. The normalized spacial score (nSPS) is 23.9. The topological polar surface area (TPSA) is 60.2 Å². The summed E-state index contributed by atoms with van der Waals surface area (Å²) in [5, 5.41) is 4.05. The summed E-state index contributed by atoms with van der Waals surface area (Å²) in [6.07, 6.45) is 1.32. The number of nitrogens with zero attached hydrogens (tertiary/aromatic N) is 1. The average Bonchev–Trinajstić information content (AvgIpc) is 2.68. The Hall–Kier alpha value is -0.710. The van der Waals surface area contributed by atoms with Gasteiger partial charge in [-0.05, 0) is 19.4 Å². The molecule has 0 amide bonds. The van der Waals surface area contributed by atoms with Crippen LogP contribution in [0.1, 0.15) is 13.3 Å². The molecule has 1 aliphatic rings. The Morgan fingerprint density at radius 3 is 2.94 bits per heavy atom. The highest BCUT2D eigenvalue weighted by Crippen LogP contribution is 2.28. The van der Waals surface area contributed by atoms with Gasteiger partial charge in [-0.25, -0.2) is 4.98 Å². The second-order valence-corrected chi connectivity index (χ2v) is 5.01. The van der Waals surface area contributed by atoms with Crippen molar-refractivity contribution in [1.82, 2.24) is 4.98 Å². The number of pyridine rings is 1. The van der Waals surface area contributed by atoms with Crippen molar-refractivity contribution in [1.29, 1.82) is 0 Å². The zero-order chi connectivity index (χ0) is 12.4. The van der Waals surface area contributed by atoms with Gasteiger partial charge in [-0.2, -0.15) is 0 Å². The Labute approximate surface area is 110 Å². The zero-order valence-electron chi connectivity index (χ0n) is 9.54. The van der Waals surface area contributed by atoms with E-state index in [0.29, 0.717) is 21.8 Å². The van der Waals surface area contributed by atoms with E-state index in [4.69, 9.17) is 33.7 Å². The number of nitrogens with one attached hydrogen (secondary N) is 1. The Balaban J connectivity index is 2.01. The van der Waals surface area contributed by atoms with Gasteiger partial charge in [0.05, 0.1) is 16.1 Å². The van der Waals surface area contributed by atoms with E-state index < -0.39 is 0 Å². The van der Waals surface area contributed by atoms with E-state index in [2.05, 4.69) is 17.2 Å². The van der Waals surface area contributed by atoms with Crippen LogP contribution in [0.3, 0.4) is 0 Å². The molecule has 17 heavy (non-hydrogen) atoms. The summed E-state index contributed by atoms with van der Waals surface area (Å²) in [5.41, 5.74) is 5.63. The van der Waals surface area contributed by atoms with Crippen molar-refractivity contribution in [3.8, 4) is 0 Å². The van der Waals surface area contributed by atoms with Crippen molar-refractivity contribution in [3.05, 3.63) is 16.1 Å². The minimum atomic E-state index is 0.269. The van der Waals surface area contributed by atoms with E-state index in [9.17, 15) is 0 Å². The van der Waals surface area contributed by atoms with Crippen molar-refractivity contribution in [3.63, 3.8) is 0 Å². The highest BCUT2D eigenvalue weighted by molar-refractivity contribution is 6.37. The lowest BCUT2D eigenvalue weighted by atomic mass is 10.0. The van der Waals surface area contributed by atoms with E-state index in [1.165, 1.54) is 0 Å². The SMILES string of the molecule is CC1OCCC1CNc1nc(N)c(Cl)cc1Cl. The predicted molar refractivity (Wildman–Crippen MR) is 70.7 cm³/mol. The maximum atomic E-state index is 6.03. The molecule has 2 heterocycles. The lowest BCUT2D eigenvalue weighted by Gasteiger charge is -2.16. The van der Waals surface area contributed by atoms with Crippen molar-refractivity contribution >= 4 is 34.8 Å². The summed E-state index contributed by atoms with van der Waals surface area (Å²) in [6, 6.07) is 1.60. The molecule has 3 N–H and O–H groups in total. The molecule has 0 bridgehead atoms. The summed E-state index contributed by atoms with van der Waals surface area (Å²) in [6.45, 7) is 3.66. The van der Waals surface area contributed by atoms with Crippen molar-refractivity contribution in [2.45, 2.75) is 19.4 Å². The number of nitrogens with two attached hydrogens (primary N) is 1. The number of halogens is 2. The highest BCUT2D eigenvalue weighted by Gasteiger charge is 2.24. The van der Waals surface area contributed by atoms with Gasteiger partial charge in [-0.1, -0.05) is 23.2 Å². The lowest BCUT2D eigenvalue weighted by Crippen LogP contribution is -2.21. The second kappa shape index (κ2) is 5.29. The van der Waals surface area contributed by atoms with Crippen LogP contribution in [0.2, 0.25) is 10.0 Å². The summed E-state index contributed by atoms with van der Waals surface area (Å²) in [7, 11) is 0. The van der Waals surface area contributed by atoms with E-state index in [-0.39, 0.29) is 11.9 Å². The molecule has 1 aliphatic heterocycles. The van der Waals surface area contributed by atoms with Crippen LogP contribution in [-0.2, 0) is 4.74 Å². The number of hydrogen-bond donors (Lipinski definition) is 2. The molecule has 2 atom stereocenters. The fourth-order valence-corrected chi connectivity index (χ4v) is 2.30. The molecule has 2 unspecified atom stereocenters. The first-order chi connectivity index (χ1) is 8.08. The Morgan fingerprint density at radius 2 is 2.29 bits per heavy atom. The number of nitrogen functional groups attached to an aromatic ring is 1. The number of rotatable bonds is 3. The fourth-order valence-electron chi connectivity index (χ4n) is 1.88. The van der Waals surface area contributed by atoms with Crippen LogP contribution >= 0.6 is 23.2 Å². The van der Waals surface area contributed by atoms with Gasteiger partial charge in [0.25, 0.3) is 0 Å². The molecule has 4 nitrogen and oxygen atoms in total. The van der Waals surface area contributed by atoms with Gasteiger partial charge in [-0.15, -0.1) is 0 Å². The largest absolute Gasteiger partial charge is 0.382 e. The predicted octanol–water partition coefficient (Wildman–Crippen LogP) is 2.81. The molecule has 1 aromatic rings. The van der Waals surface area contributed by atoms with E-state index in [0.717, 1.165) is 19.6 Å². The molecule has 0 saturated carbocycles. The summed E-state index contributed by atoms with van der Waals surface area (Å²) >= 11 is 11.8. The number of aromatic nitrogens is 1. The van der Waals surface area contributed by atoms with Gasteiger partial charge in [0, 0.05) is 19.1 Å². The molecule has 0 aromatic carbocycles. The smallest absolute Gasteiger partial charge is 0.147 e. The summed E-state index contributed by atoms with van der Waals surface area (Å²) in [4.78, 5) is 4.12. The Morgan fingerprint density at radius 1 is 1.53 bits per heavy atom. The Kier molecular flexibility index (Phi) is 3.97. The van der Waals surface area contributed by atoms with Crippen LogP contribution in [0.5, 0.6) is 0 Å². The highest BCUT2D eigenvalue weighted by atomic mass is 35.5. The molecule has 2 rings (SSSR count). The van der Waals surface area contributed by atoms with E-state index in [1.54, 1.807) is 6.07 Å². The fraction of sp³-hybridized carbons (Fsp3) is 0.545. The molecular formula is C11H15Cl2N3O. The van der Waals surface area contributed by atoms with Gasteiger partial charge < -0.3 is 15.8 Å². The maximum absolute atomic E-state index is 6.03. The van der Waals surface area contributed by atoms with Gasteiger partial charge in [0.1, 0.15) is 11.6 Å². The second-order valence-electron chi connectivity index (χ2n) is 4.19. The zero-order valence-corrected chi connectivity index (χ0v) is 11.1. The molecular weight excluding hydrogens is 261 g/mol. The number of anilines is 2. The average molecular weight is 276 g/mol. The third-order valence-corrected chi connectivity index (χ3v) is 3.61. The lowest BCUT2D eigenvalue weighted by molar-refractivity contribution is 0.108. The number of hydrogen-bond acceptors (Lipinski definition) is 4. The minimum absolute atomic E-state index is 0.269.